The van der Waals surface area contributed by atoms with E-state index in [1.54, 1.807) is 0 Å². The Kier molecular flexibility index (Phi) is 4.51. The van der Waals surface area contributed by atoms with Crippen LogP contribution in [0.15, 0.2) is 24.3 Å². The van der Waals surface area contributed by atoms with Crippen LogP contribution in [0.1, 0.15) is 36.7 Å². The zero-order valence-corrected chi connectivity index (χ0v) is 14.6. The van der Waals surface area contributed by atoms with Gasteiger partial charge in [0, 0.05) is 24.8 Å². The topological polar surface area (TPSA) is 41.1 Å². The highest BCUT2D eigenvalue weighted by molar-refractivity contribution is 5.66. The molecule has 1 saturated heterocycles. The Bertz CT molecular complexity index is 668. The summed E-state index contributed by atoms with van der Waals surface area (Å²) in [6, 6.07) is 8.41. The number of rotatable bonds is 3. The summed E-state index contributed by atoms with van der Waals surface area (Å²) < 4.78 is 0. The highest BCUT2D eigenvalue weighted by atomic mass is 15.2. The first-order valence-electron chi connectivity index (χ1n) is 8.47. The lowest BCUT2D eigenvalue weighted by atomic mass is 9.99. The van der Waals surface area contributed by atoms with Crippen LogP contribution in [-0.2, 0) is 0 Å². The second-order valence-corrected chi connectivity index (χ2v) is 6.72. The third-order valence-electron chi connectivity index (χ3n) is 4.67. The van der Waals surface area contributed by atoms with Gasteiger partial charge in [-0.3, -0.25) is 0 Å². The molecule has 0 amide bonds. The number of hydrogen-bond donors (Lipinski definition) is 1. The standard InChI is InChI=1S/C19H26N4/c1-13-8-10-23(11-9-13)18-12-17(20-16(4)21-18)22-19-14(2)6-5-7-15(19)3/h5-7,12-13H,8-11H2,1-4H3,(H,20,21,22). The quantitative estimate of drug-likeness (QED) is 0.913. The number of anilines is 3. The number of hydrogen-bond acceptors (Lipinski definition) is 4. The van der Waals surface area contributed by atoms with Crippen molar-refractivity contribution in [2.24, 2.45) is 5.92 Å². The summed E-state index contributed by atoms with van der Waals surface area (Å²) >= 11 is 0. The van der Waals surface area contributed by atoms with Crippen LogP contribution >= 0.6 is 0 Å². The first kappa shape index (κ1) is 15.8. The van der Waals surface area contributed by atoms with Crippen LogP contribution in [-0.4, -0.2) is 23.1 Å². The molecule has 0 saturated carbocycles. The van der Waals surface area contributed by atoms with Gasteiger partial charge in [0.25, 0.3) is 0 Å². The number of nitrogens with zero attached hydrogens (tertiary/aromatic N) is 3. The molecule has 0 aliphatic carbocycles. The summed E-state index contributed by atoms with van der Waals surface area (Å²) in [7, 11) is 0. The summed E-state index contributed by atoms with van der Waals surface area (Å²) in [5, 5.41) is 3.49. The van der Waals surface area contributed by atoms with Crippen LogP contribution in [0.5, 0.6) is 0 Å². The fourth-order valence-corrected chi connectivity index (χ4v) is 3.16. The summed E-state index contributed by atoms with van der Waals surface area (Å²) in [4.78, 5) is 11.6. The molecule has 0 atom stereocenters. The Morgan fingerprint density at radius 1 is 1.04 bits per heavy atom. The van der Waals surface area contributed by atoms with Gasteiger partial charge in [-0.25, -0.2) is 9.97 Å². The smallest absolute Gasteiger partial charge is 0.136 e. The monoisotopic (exact) mass is 310 g/mol. The first-order chi connectivity index (χ1) is 11.0. The van der Waals surface area contributed by atoms with E-state index in [-0.39, 0.29) is 0 Å². The Balaban J connectivity index is 1.86. The van der Waals surface area contributed by atoms with E-state index in [0.29, 0.717) is 0 Å². The number of aromatic nitrogens is 2. The lowest BCUT2D eigenvalue weighted by molar-refractivity contribution is 0.436. The molecular weight excluding hydrogens is 284 g/mol. The molecule has 1 fully saturated rings. The summed E-state index contributed by atoms with van der Waals surface area (Å²) in [6.45, 7) is 10.7. The van der Waals surface area contributed by atoms with Gasteiger partial charge in [-0.1, -0.05) is 25.1 Å². The molecule has 2 heterocycles. The number of benzene rings is 1. The van der Waals surface area contributed by atoms with E-state index in [1.165, 1.54) is 24.0 Å². The molecule has 0 spiro atoms. The molecule has 4 heteroatoms. The molecule has 0 radical (unpaired) electrons. The predicted octanol–water partition coefficient (Wildman–Crippen LogP) is 4.38. The second-order valence-electron chi connectivity index (χ2n) is 6.72. The van der Waals surface area contributed by atoms with Crippen LogP contribution in [0.3, 0.4) is 0 Å². The van der Waals surface area contributed by atoms with Gasteiger partial charge in [0.05, 0.1) is 0 Å². The summed E-state index contributed by atoms with van der Waals surface area (Å²) in [5.41, 5.74) is 3.60. The van der Waals surface area contributed by atoms with Crippen molar-refractivity contribution in [3.8, 4) is 0 Å². The Morgan fingerprint density at radius 2 is 1.70 bits per heavy atom. The molecule has 1 aliphatic heterocycles. The van der Waals surface area contributed by atoms with Crippen LogP contribution < -0.4 is 10.2 Å². The van der Waals surface area contributed by atoms with Gasteiger partial charge in [-0.05, 0) is 50.7 Å². The minimum Gasteiger partial charge on any atom is -0.356 e. The van der Waals surface area contributed by atoms with Crippen LogP contribution in [0.25, 0.3) is 0 Å². The van der Waals surface area contributed by atoms with Gasteiger partial charge in [0.15, 0.2) is 0 Å². The normalized spacial score (nSPS) is 15.7. The van der Waals surface area contributed by atoms with Gasteiger partial charge in [0.2, 0.25) is 0 Å². The van der Waals surface area contributed by atoms with E-state index in [4.69, 9.17) is 0 Å². The highest BCUT2D eigenvalue weighted by Crippen LogP contribution is 2.27. The zero-order valence-electron chi connectivity index (χ0n) is 14.6. The Morgan fingerprint density at radius 3 is 2.35 bits per heavy atom. The van der Waals surface area contributed by atoms with Crippen molar-refractivity contribution >= 4 is 17.3 Å². The SMILES string of the molecule is Cc1nc(Nc2c(C)cccc2C)cc(N2CCC(C)CC2)n1. The molecule has 1 N–H and O–H groups in total. The minimum absolute atomic E-state index is 0.815. The molecule has 1 aromatic heterocycles. The molecule has 1 aromatic carbocycles. The van der Waals surface area contributed by atoms with E-state index in [1.807, 2.05) is 6.92 Å². The fraction of sp³-hybridized carbons (Fsp3) is 0.474. The molecule has 3 rings (SSSR count). The van der Waals surface area contributed by atoms with E-state index in [0.717, 1.165) is 42.2 Å². The van der Waals surface area contributed by atoms with Crippen LogP contribution in [0.2, 0.25) is 0 Å². The molecule has 2 aromatic rings. The number of aryl methyl sites for hydroxylation is 3. The lowest BCUT2D eigenvalue weighted by Gasteiger charge is -2.31. The average Bonchev–Trinajstić information content (AvgIpc) is 2.51. The molecule has 4 nitrogen and oxygen atoms in total. The zero-order chi connectivity index (χ0) is 16.4. The van der Waals surface area contributed by atoms with Crippen molar-refractivity contribution in [1.29, 1.82) is 0 Å². The van der Waals surface area contributed by atoms with Gasteiger partial charge < -0.3 is 10.2 Å². The fourth-order valence-electron chi connectivity index (χ4n) is 3.16. The maximum Gasteiger partial charge on any atom is 0.136 e. The number of piperidine rings is 1. The Hall–Kier alpha value is -2.10. The van der Waals surface area contributed by atoms with Crippen molar-refractivity contribution < 1.29 is 0 Å². The average molecular weight is 310 g/mol. The second kappa shape index (κ2) is 6.57. The number of nitrogens with one attached hydrogen (secondary N) is 1. The van der Waals surface area contributed by atoms with Gasteiger partial charge in [-0.15, -0.1) is 0 Å². The highest BCUT2D eigenvalue weighted by Gasteiger charge is 2.18. The molecule has 0 unspecified atom stereocenters. The minimum atomic E-state index is 0.815. The van der Waals surface area contributed by atoms with Gasteiger partial charge in [0.1, 0.15) is 17.5 Å². The van der Waals surface area contributed by atoms with Crippen molar-refractivity contribution in [2.75, 3.05) is 23.3 Å². The molecule has 0 bridgehead atoms. The van der Waals surface area contributed by atoms with Crippen molar-refractivity contribution in [3.63, 3.8) is 0 Å². The molecule has 122 valence electrons. The van der Waals surface area contributed by atoms with Crippen molar-refractivity contribution in [3.05, 3.63) is 41.2 Å². The maximum absolute atomic E-state index is 4.64. The van der Waals surface area contributed by atoms with Crippen molar-refractivity contribution in [2.45, 2.75) is 40.5 Å². The van der Waals surface area contributed by atoms with E-state index in [9.17, 15) is 0 Å². The number of para-hydroxylation sites is 1. The predicted molar refractivity (Wildman–Crippen MR) is 96.6 cm³/mol. The third-order valence-corrected chi connectivity index (χ3v) is 4.67. The first-order valence-corrected chi connectivity index (χ1v) is 8.47. The van der Waals surface area contributed by atoms with Crippen molar-refractivity contribution in [1.82, 2.24) is 9.97 Å². The largest absolute Gasteiger partial charge is 0.356 e. The third kappa shape index (κ3) is 3.63. The molecule has 1 aliphatic rings. The van der Waals surface area contributed by atoms with Gasteiger partial charge in [-0.2, -0.15) is 0 Å². The molecular formula is C19H26N4. The van der Waals surface area contributed by atoms with Gasteiger partial charge >= 0.3 is 0 Å². The lowest BCUT2D eigenvalue weighted by Crippen LogP contribution is -2.33. The van der Waals surface area contributed by atoms with E-state index in [2.05, 4.69) is 65.2 Å². The van der Waals surface area contributed by atoms with Crippen LogP contribution in [0, 0.1) is 26.7 Å². The van der Waals surface area contributed by atoms with Crippen LogP contribution in [0.4, 0.5) is 17.3 Å². The van der Waals surface area contributed by atoms with E-state index >= 15 is 0 Å². The van der Waals surface area contributed by atoms with E-state index < -0.39 is 0 Å². The molecule has 23 heavy (non-hydrogen) atoms. The summed E-state index contributed by atoms with van der Waals surface area (Å²) in [6.07, 6.45) is 2.48. The Labute approximate surface area is 139 Å². The maximum atomic E-state index is 4.64. The summed E-state index contributed by atoms with van der Waals surface area (Å²) in [5.74, 6) is 3.55.